The van der Waals surface area contributed by atoms with Crippen LogP contribution in [-0.2, 0) is 0 Å². The van der Waals surface area contributed by atoms with Gasteiger partial charge in [-0.2, -0.15) is 0 Å². The molecular formula is C16H12ClNO3. The number of hydrogen-bond acceptors (Lipinski definition) is 2. The van der Waals surface area contributed by atoms with E-state index < -0.39 is 5.97 Å². The molecule has 0 fully saturated rings. The first-order valence-corrected chi connectivity index (χ1v) is 6.76. The lowest BCUT2D eigenvalue weighted by molar-refractivity contribution is 0.0698. The van der Waals surface area contributed by atoms with Crippen LogP contribution in [0.1, 0.15) is 21.5 Å². The Balaban J connectivity index is 2.63. The maximum Gasteiger partial charge on any atom is 0.338 e. The van der Waals surface area contributed by atoms with Crippen molar-refractivity contribution in [3.05, 3.63) is 56.2 Å². The van der Waals surface area contributed by atoms with Crippen LogP contribution in [0.15, 0.2) is 29.1 Å². The van der Waals surface area contributed by atoms with Crippen LogP contribution in [0.5, 0.6) is 0 Å². The topological polar surface area (TPSA) is 70.2 Å². The lowest BCUT2D eigenvalue weighted by Crippen LogP contribution is -2.10. The van der Waals surface area contributed by atoms with E-state index in [4.69, 9.17) is 11.6 Å². The Morgan fingerprint density at radius 3 is 2.57 bits per heavy atom. The Morgan fingerprint density at radius 1 is 1.19 bits per heavy atom. The molecular weight excluding hydrogens is 290 g/mol. The van der Waals surface area contributed by atoms with Gasteiger partial charge in [0.2, 0.25) is 0 Å². The van der Waals surface area contributed by atoms with Crippen LogP contribution < -0.4 is 5.43 Å². The smallest absolute Gasteiger partial charge is 0.338 e. The third kappa shape index (κ3) is 1.99. The molecule has 0 radical (unpaired) electrons. The summed E-state index contributed by atoms with van der Waals surface area (Å²) < 4.78 is 0. The Morgan fingerprint density at radius 2 is 1.90 bits per heavy atom. The number of carboxylic acid groups (broad SMARTS) is 1. The molecule has 1 aromatic heterocycles. The summed E-state index contributed by atoms with van der Waals surface area (Å²) in [5.41, 5.74) is 2.23. The molecule has 0 aliphatic rings. The van der Waals surface area contributed by atoms with E-state index in [0.29, 0.717) is 32.4 Å². The monoisotopic (exact) mass is 301 g/mol. The van der Waals surface area contributed by atoms with Gasteiger partial charge in [0.25, 0.3) is 0 Å². The minimum absolute atomic E-state index is 0.129. The highest BCUT2D eigenvalue weighted by molar-refractivity contribution is 6.31. The number of aromatic nitrogens is 1. The molecule has 1 heterocycles. The summed E-state index contributed by atoms with van der Waals surface area (Å²) in [4.78, 5) is 27.2. The maximum atomic E-state index is 12.6. The summed E-state index contributed by atoms with van der Waals surface area (Å²) in [5.74, 6) is -1.06. The number of carboxylic acids is 1. The summed E-state index contributed by atoms with van der Waals surface area (Å²) in [7, 11) is 0. The summed E-state index contributed by atoms with van der Waals surface area (Å²) in [5, 5.41) is 10.8. The number of pyridine rings is 1. The van der Waals surface area contributed by atoms with Gasteiger partial charge in [-0.25, -0.2) is 4.79 Å². The van der Waals surface area contributed by atoms with Gasteiger partial charge in [-0.05, 0) is 49.2 Å². The van der Waals surface area contributed by atoms with E-state index in [1.807, 2.05) is 0 Å². The fourth-order valence-electron chi connectivity index (χ4n) is 2.59. The highest BCUT2D eigenvalue weighted by Gasteiger charge is 2.17. The van der Waals surface area contributed by atoms with Crippen molar-refractivity contribution >= 4 is 39.4 Å². The second kappa shape index (κ2) is 4.60. The summed E-state index contributed by atoms with van der Waals surface area (Å²) in [6.45, 7) is 3.53. The highest BCUT2D eigenvalue weighted by atomic mass is 35.5. The number of aromatic amines is 1. The van der Waals surface area contributed by atoms with Gasteiger partial charge in [-0.3, -0.25) is 4.79 Å². The quantitative estimate of drug-likeness (QED) is 0.674. The Kier molecular flexibility index (Phi) is 2.99. The molecule has 2 aromatic carbocycles. The molecule has 0 aliphatic carbocycles. The van der Waals surface area contributed by atoms with Gasteiger partial charge in [-0.15, -0.1) is 0 Å². The molecule has 5 heteroatoms. The number of halogens is 1. The van der Waals surface area contributed by atoms with Gasteiger partial charge in [-0.1, -0.05) is 11.6 Å². The molecule has 0 saturated carbocycles. The molecule has 0 aliphatic heterocycles. The zero-order chi connectivity index (χ0) is 15.3. The molecule has 106 valence electrons. The Hall–Kier alpha value is -2.33. The van der Waals surface area contributed by atoms with Crippen LogP contribution in [0.3, 0.4) is 0 Å². The highest BCUT2D eigenvalue weighted by Crippen LogP contribution is 2.25. The standard InChI is InChI=1S/C16H12ClNO3/c1-7-5-11-14(13(8(7)2)16(20)21)18-12-6-9(17)3-4-10(12)15(11)19/h3-6H,1-2H3,(H,18,19)(H,20,21). The number of aromatic carboxylic acids is 1. The number of carbonyl (C=O) groups is 1. The number of rotatable bonds is 1. The van der Waals surface area contributed by atoms with Crippen molar-refractivity contribution in [2.24, 2.45) is 0 Å². The maximum absolute atomic E-state index is 12.6. The second-order valence-electron chi connectivity index (χ2n) is 5.07. The average Bonchev–Trinajstić information content (AvgIpc) is 2.41. The fraction of sp³-hybridized carbons (Fsp3) is 0.125. The minimum Gasteiger partial charge on any atom is -0.478 e. The number of nitrogens with one attached hydrogen (secondary N) is 1. The van der Waals surface area contributed by atoms with Crippen molar-refractivity contribution < 1.29 is 9.90 Å². The molecule has 21 heavy (non-hydrogen) atoms. The molecule has 0 spiro atoms. The van der Waals surface area contributed by atoms with Crippen LogP contribution in [0, 0.1) is 13.8 Å². The van der Waals surface area contributed by atoms with E-state index in [-0.39, 0.29) is 11.0 Å². The van der Waals surface area contributed by atoms with Crippen LogP contribution >= 0.6 is 11.6 Å². The first-order valence-electron chi connectivity index (χ1n) is 6.39. The van der Waals surface area contributed by atoms with Gasteiger partial charge in [0.1, 0.15) is 0 Å². The predicted molar refractivity (Wildman–Crippen MR) is 83.5 cm³/mol. The van der Waals surface area contributed by atoms with Crippen molar-refractivity contribution in [2.75, 3.05) is 0 Å². The van der Waals surface area contributed by atoms with Gasteiger partial charge in [0.05, 0.1) is 16.6 Å². The van der Waals surface area contributed by atoms with Crippen LogP contribution in [0.4, 0.5) is 0 Å². The molecule has 2 N–H and O–H groups in total. The molecule has 3 rings (SSSR count). The van der Waals surface area contributed by atoms with E-state index in [2.05, 4.69) is 4.98 Å². The van der Waals surface area contributed by atoms with Crippen molar-refractivity contribution in [3.63, 3.8) is 0 Å². The number of benzene rings is 2. The van der Waals surface area contributed by atoms with Gasteiger partial charge >= 0.3 is 5.97 Å². The normalized spacial score (nSPS) is 11.2. The van der Waals surface area contributed by atoms with Gasteiger partial charge in [0.15, 0.2) is 5.43 Å². The van der Waals surface area contributed by atoms with Gasteiger partial charge < -0.3 is 10.1 Å². The predicted octanol–water partition coefficient (Wildman–Crippen LogP) is 3.65. The van der Waals surface area contributed by atoms with Crippen molar-refractivity contribution in [2.45, 2.75) is 13.8 Å². The average molecular weight is 302 g/mol. The SMILES string of the molecule is Cc1cc2c(=O)c3ccc(Cl)cc3[nH]c2c(C(=O)O)c1C. The van der Waals surface area contributed by atoms with E-state index >= 15 is 0 Å². The lowest BCUT2D eigenvalue weighted by atomic mass is 9.97. The third-order valence-electron chi connectivity index (χ3n) is 3.79. The molecule has 4 nitrogen and oxygen atoms in total. The van der Waals surface area contributed by atoms with Crippen molar-refractivity contribution in [3.8, 4) is 0 Å². The molecule has 0 saturated heterocycles. The zero-order valence-corrected chi connectivity index (χ0v) is 12.2. The number of aryl methyl sites for hydroxylation is 1. The number of H-pyrrole nitrogens is 1. The summed E-state index contributed by atoms with van der Waals surface area (Å²) >= 11 is 5.94. The van der Waals surface area contributed by atoms with E-state index in [1.165, 1.54) is 0 Å². The Bertz CT molecular complexity index is 973. The minimum atomic E-state index is -1.06. The largest absolute Gasteiger partial charge is 0.478 e. The van der Waals surface area contributed by atoms with Crippen LogP contribution in [0.2, 0.25) is 5.02 Å². The van der Waals surface area contributed by atoms with E-state index in [0.717, 1.165) is 5.56 Å². The van der Waals surface area contributed by atoms with Crippen LogP contribution in [0.25, 0.3) is 21.8 Å². The van der Waals surface area contributed by atoms with E-state index in [1.54, 1.807) is 38.1 Å². The molecule has 3 aromatic rings. The first kappa shape index (κ1) is 13.6. The summed E-state index contributed by atoms with van der Waals surface area (Å²) in [6.07, 6.45) is 0. The Labute approximate surface area is 125 Å². The zero-order valence-electron chi connectivity index (χ0n) is 11.5. The molecule has 0 bridgehead atoms. The number of hydrogen-bond donors (Lipinski definition) is 2. The van der Waals surface area contributed by atoms with Crippen molar-refractivity contribution in [1.82, 2.24) is 4.98 Å². The van der Waals surface area contributed by atoms with Crippen molar-refractivity contribution in [1.29, 1.82) is 0 Å². The summed E-state index contributed by atoms with van der Waals surface area (Å²) in [6, 6.07) is 6.64. The second-order valence-corrected chi connectivity index (χ2v) is 5.50. The molecule has 0 unspecified atom stereocenters. The molecule has 0 atom stereocenters. The molecule has 0 amide bonds. The third-order valence-corrected chi connectivity index (χ3v) is 4.03. The fourth-order valence-corrected chi connectivity index (χ4v) is 2.76. The van der Waals surface area contributed by atoms with Gasteiger partial charge in [0, 0.05) is 15.8 Å². The first-order chi connectivity index (χ1) is 9.90. The number of fused-ring (bicyclic) bond motifs is 2. The lowest BCUT2D eigenvalue weighted by Gasteiger charge is -2.11. The van der Waals surface area contributed by atoms with E-state index in [9.17, 15) is 14.7 Å². The van der Waals surface area contributed by atoms with Crippen LogP contribution in [-0.4, -0.2) is 16.1 Å².